The van der Waals surface area contributed by atoms with Gasteiger partial charge >= 0.3 is 5.97 Å². The second-order valence-electron chi connectivity index (χ2n) is 6.57. The van der Waals surface area contributed by atoms with Gasteiger partial charge in [-0.2, -0.15) is 0 Å². The largest absolute Gasteiger partial charge is 0.452 e. The Kier molecular flexibility index (Phi) is 6.74. The minimum absolute atomic E-state index is 0.335. The van der Waals surface area contributed by atoms with Gasteiger partial charge in [0.1, 0.15) is 0 Å². The normalized spacial score (nSPS) is 11.0. The number of carbonyl (C=O) groups is 2. The van der Waals surface area contributed by atoms with Gasteiger partial charge in [-0.1, -0.05) is 56.3 Å². The molecule has 5 nitrogen and oxygen atoms in total. The third-order valence-electron chi connectivity index (χ3n) is 4.67. The van der Waals surface area contributed by atoms with Gasteiger partial charge in [-0.25, -0.2) is 4.79 Å². The van der Waals surface area contributed by atoms with Crippen LogP contribution in [-0.2, 0) is 27.2 Å². The van der Waals surface area contributed by atoms with Gasteiger partial charge in [0.2, 0.25) is 0 Å². The quantitative estimate of drug-likeness (QED) is 0.476. The SMILES string of the molecule is CCc1cccc(CC)c1NC(=O)COC(=O)/C=C/c1cccc2cccnc12. The molecule has 0 saturated heterocycles. The number of anilines is 1. The molecule has 0 atom stereocenters. The Bertz CT molecular complexity index is 1030. The van der Waals surface area contributed by atoms with E-state index in [9.17, 15) is 9.59 Å². The molecule has 0 radical (unpaired) electrons. The molecule has 0 aliphatic heterocycles. The lowest BCUT2D eigenvalue weighted by molar-refractivity contribution is -0.142. The Morgan fingerprint density at radius 1 is 1.00 bits per heavy atom. The van der Waals surface area contributed by atoms with Gasteiger partial charge in [-0.05, 0) is 36.1 Å². The number of ether oxygens (including phenoxy) is 1. The molecule has 0 spiro atoms. The summed E-state index contributed by atoms with van der Waals surface area (Å²) in [6.45, 7) is 3.74. The number of hydrogen-bond donors (Lipinski definition) is 1. The van der Waals surface area contributed by atoms with Gasteiger partial charge in [0.25, 0.3) is 5.91 Å². The van der Waals surface area contributed by atoms with Crippen molar-refractivity contribution in [3.63, 3.8) is 0 Å². The highest BCUT2D eigenvalue weighted by Gasteiger charge is 2.11. The molecule has 0 aliphatic carbocycles. The summed E-state index contributed by atoms with van der Waals surface area (Å²) in [5, 5.41) is 3.87. The molecule has 29 heavy (non-hydrogen) atoms. The summed E-state index contributed by atoms with van der Waals surface area (Å²) < 4.78 is 5.10. The van der Waals surface area contributed by atoms with Crippen molar-refractivity contribution in [2.45, 2.75) is 26.7 Å². The minimum Gasteiger partial charge on any atom is -0.452 e. The molecule has 1 N–H and O–H groups in total. The van der Waals surface area contributed by atoms with E-state index >= 15 is 0 Å². The van der Waals surface area contributed by atoms with Crippen LogP contribution in [-0.4, -0.2) is 23.5 Å². The summed E-state index contributed by atoms with van der Waals surface area (Å²) in [4.78, 5) is 28.7. The van der Waals surface area contributed by atoms with Crippen LogP contribution in [0.4, 0.5) is 5.69 Å². The molecule has 0 unspecified atom stereocenters. The summed E-state index contributed by atoms with van der Waals surface area (Å²) in [5.41, 5.74) is 4.56. The van der Waals surface area contributed by atoms with Crippen LogP contribution >= 0.6 is 0 Å². The maximum atomic E-state index is 12.3. The van der Waals surface area contributed by atoms with E-state index < -0.39 is 5.97 Å². The molecule has 3 aromatic rings. The first-order chi connectivity index (χ1) is 14.1. The number of aromatic nitrogens is 1. The number of esters is 1. The fourth-order valence-corrected chi connectivity index (χ4v) is 3.18. The molecular weight excluding hydrogens is 364 g/mol. The van der Waals surface area contributed by atoms with E-state index in [-0.39, 0.29) is 12.5 Å². The van der Waals surface area contributed by atoms with E-state index in [2.05, 4.69) is 10.3 Å². The summed E-state index contributed by atoms with van der Waals surface area (Å²) in [5.74, 6) is -0.929. The zero-order chi connectivity index (χ0) is 20.6. The van der Waals surface area contributed by atoms with Crippen LogP contribution in [0.15, 0.2) is 60.8 Å². The predicted molar refractivity (Wildman–Crippen MR) is 116 cm³/mol. The van der Waals surface area contributed by atoms with E-state index in [4.69, 9.17) is 4.74 Å². The van der Waals surface area contributed by atoms with Gasteiger partial charge in [-0.3, -0.25) is 9.78 Å². The van der Waals surface area contributed by atoms with Crippen molar-refractivity contribution in [2.75, 3.05) is 11.9 Å². The smallest absolute Gasteiger partial charge is 0.331 e. The number of fused-ring (bicyclic) bond motifs is 1. The van der Waals surface area contributed by atoms with E-state index in [1.165, 1.54) is 6.08 Å². The molecule has 148 valence electrons. The zero-order valence-corrected chi connectivity index (χ0v) is 16.6. The van der Waals surface area contributed by atoms with Crippen LogP contribution in [0.5, 0.6) is 0 Å². The highest BCUT2D eigenvalue weighted by atomic mass is 16.5. The number of nitrogens with zero attached hydrogens (tertiary/aromatic N) is 1. The number of carbonyl (C=O) groups excluding carboxylic acids is 2. The van der Waals surface area contributed by atoms with Crippen LogP contribution in [0.1, 0.15) is 30.5 Å². The number of pyridine rings is 1. The zero-order valence-electron chi connectivity index (χ0n) is 16.6. The Labute approximate surface area is 170 Å². The first-order valence-corrected chi connectivity index (χ1v) is 9.71. The molecule has 0 aliphatic rings. The van der Waals surface area contributed by atoms with Gasteiger partial charge in [-0.15, -0.1) is 0 Å². The Hall–Kier alpha value is -3.47. The molecule has 1 aromatic heterocycles. The van der Waals surface area contributed by atoms with Crippen LogP contribution in [0.2, 0.25) is 0 Å². The molecule has 0 fully saturated rings. The monoisotopic (exact) mass is 388 g/mol. The van der Waals surface area contributed by atoms with Crippen molar-refractivity contribution >= 4 is 34.5 Å². The number of rotatable bonds is 7. The van der Waals surface area contributed by atoms with Crippen molar-refractivity contribution in [3.05, 3.63) is 77.5 Å². The Balaban J connectivity index is 1.61. The van der Waals surface area contributed by atoms with E-state index in [0.717, 1.165) is 46.1 Å². The predicted octanol–water partition coefficient (Wildman–Crippen LogP) is 4.55. The Morgan fingerprint density at radius 2 is 1.69 bits per heavy atom. The number of amides is 1. The number of hydrogen-bond acceptors (Lipinski definition) is 4. The maximum absolute atomic E-state index is 12.3. The van der Waals surface area contributed by atoms with Crippen molar-refractivity contribution in [2.24, 2.45) is 0 Å². The van der Waals surface area contributed by atoms with E-state index in [0.29, 0.717) is 0 Å². The first kappa shape index (κ1) is 20.3. The molecule has 1 amide bonds. The van der Waals surface area contributed by atoms with Gasteiger partial charge in [0, 0.05) is 28.9 Å². The van der Waals surface area contributed by atoms with E-state index in [1.807, 2.05) is 62.4 Å². The topological polar surface area (TPSA) is 68.3 Å². The van der Waals surface area contributed by atoms with Crippen molar-refractivity contribution in [1.29, 1.82) is 0 Å². The highest BCUT2D eigenvalue weighted by Crippen LogP contribution is 2.22. The van der Waals surface area contributed by atoms with E-state index in [1.54, 1.807) is 12.3 Å². The molecule has 1 heterocycles. The van der Waals surface area contributed by atoms with Gasteiger partial charge in [0.05, 0.1) is 5.52 Å². The maximum Gasteiger partial charge on any atom is 0.331 e. The third kappa shape index (κ3) is 5.08. The first-order valence-electron chi connectivity index (χ1n) is 9.71. The Morgan fingerprint density at radius 3 is 2.41 bits per heavy atom. The molecule has 5 heteroatoms. The fourth-order valence-electron chi connectivity index (χ4n) is 3.18. The fraction of sp³-hybridized carbons (Fsp3) is 0.208. The minimum atomic E-state index is -0.576. The number of aryl methyl sites for hydroxylation is 2. The standard InChI is InChI=1S/C24H24N2O3/c1-3-17-8-5-9-18(4-2)24(17)26-21(27)16-29-22(28)14-13-20-11-6-10-19-12-7-15-25-23(19)20/h5-15H,3-4,16H2,1-2H3,(H,26,27)/b14-13+. The molecule has 2 aromatic carbocycles. The summed E-state index contributed by atoms with van der Waals surface area (Å²) >= 11 is 0. The summed E-state index contributed by atoms with van der Waals surface area (Å²) in [7, 11) is 0. The average Bonchev–Trinajstić information content (AvgIpc) is 2.76. The van der Waals surface area contributed by atoms with Gasteiger partial charge < -0.3 is 10.1 Å². The molecule has 0 saturated carbocycles. The van der Waals surface area contributed by atoms with Crippen LogP contribution in [0, 0.1) is 0 Å². The second-order valence-corrected chi connectivity index (χ2v) is 6.57. The van der Waals surface area contributed by atoms with Crippen LogP contribution in [0.3, 0.4) is 0 Å². The lowest BCUT2D eigenvalue weighted by atomic mass is 10.0. The highest BCUT2D eigenvalue weighted by molar-refractivity contribution is 5.96. The number of nitrogens with one attached hydrogen (secondary N) is 1. The molecule has 0 bridgehead atoms. The lowest BCUT2D eigenvalue weighted by Gasteiger charge is -2.14. The number of benzene rings is 2. The van der Waals surface area contributed by atoms with Crippen molar-refractivity contribution in [1.82, 2.24) is 4.98 Å². The average molecular weight is 388 g/mol. The van der Waals surface area contributed by atoms with Crippen LogP contribution < -0.4 is 5.32 Å². The van der Waals surface area contributed by atoms with Crippen molar-refractivity contribution in [3.8, 4) is 0 Å². The second kappa shape index (κ2) is 9.64. The molecular formula is C24H24N2O3. The summed E-state index contributed by atoms with van der Waals surface area (Å²) in [6, 6.07) is 15.5. The van der Waals surface area contributed by atoms with Crippen molar-refractivity contribution < 1.29 is 14.3 Å². The number of para-hydroxylation sites is 2. The summed E-state index contributed by atoms with van der Waals surface area (Å²) in [6.07, 6.45) is 6.29. The molecule has 3 rings (SSSR count). The van der Waals surface area contributed by atoms with Gasteiger partial charge in [0.15, 0.2) is 6.61 Å². The third-order valence-corrected chi connectivity index (χ3v) is 4.67. The van der Waals surface area contributed by atoms with Crippen LogP contribution in [0.25, 0.3) is 17.0 Å². The lowest BCUT2D eigenvalue weighted by Crippen LogP contribution is -2.21.